The molecule has 39 heavy (non-hydrogen) atoms. The molecule has 0 radical (unpaired) electrons. The van der Waals surface area contributed by atoms with Gasteiger partial charge in [-0.2, -0.15) is 12.6 Å². The molecule has 0 saturated carbocycles. The first-order valence-electron chi connectivity index (χ1n) is 12.5. The van der Waals surface area contributed by atoms with E-state index in [1.807, 2.05) is 0 Å². The molecule has 4 atom stereocenters. The van der Waals surface area contributed by atoms with Gasteiger partial charge in [0, 0.05) is 12.3 Å². The van der Waals surface area contributed by atoms with Crippen LogP contribution in [0.2, 0.25) is 0 Å². The highest BCUT2D eigenvalue weighted by Crippen LogP contribution is 2.11. The lowest BCUT2D eigenvalue weighted by Gasteiger charge is -2.24. The summed E-state index contributed by atoms with van der Waals surface area (Å²) in [6, 6.07) is 1.77. The normalized spacial score (nSPS) is 13.8. The zero-order valence-corrected chi connectivity index (χ0v) is 22.6. The van der Waals surface area contributed by atoms with Crippen LogP contribution in [0.15, 0.2) is 29.3 Å². The van der Waals surface area contributed by atoms with E-state index in [2.05, 4.69) is 33.6 Å². The molecule has 1 aromatic carbocycles. The average Bonchev–Trinajstić information content (AvgIpc) is 2.89. The van der Waals surface area contributed by atoms with Crippen LogP contribution in [-0.4, -0.2) is 82.9 Å². The lowest BCUT2D eigenvalue weighted by atomic mass is 10.0. The van der Waals surface area contributed by atoms with Crippen molar-refractivity contribution < 1.29 is 29.4 Å². The topological polar surface area (TPSA) is 261 Å². The number of carbonyl (C=O) groups excluding carboxylic acids is 3. The minimum Gasteiger partial charge on any atom is -0.508 e. The summed E-state index contributed by atoms with van der Waals surface area (Å²) in [6.45, 7) is 0.589. The average molecular weight is 569 g/mol. The van der Waals surface area contributed by atoms with Gasteiger partial charge in [-0.25, -0.2) is 4.79 Å². The fourth-order valence-corrected chi connectivity index (χ4v) is 3.78. The van der Waals surface area contributed by atoms with Gasteiger partial charge in [0.25, 0.3) is 0 Å². The summed E-state index contributed by atoms with van der Waals surface area (Å²) in [4.78, 5) is 54.1. The number of amides is 3. The van der Waals surface area contributed by atoms with Gasteiger partial charge >= 0.3 is 5.97 Å². The molecule has 0 fully saturated rings. The number of guanidine groups is 1. The van der Waals surface area contributed by atoms with Gasteiger partial charge < -0.3 is 49.1 Å². The van der Waals surface area contributed by atoms with Gasteiger partial charge in [0.15, 0.2) is 5.96 Å². The third-order valence-corrected chi connectivity index (χ3v) is 6.05. The number of benzene rings is 1. The Morgan fingerprint density at radius 1 is 0.872 bits per heavy atom. The number of phenols is 1. The van der Waals surface area contributed by atoms with Crippen LogP contribution in [0.25, 0.3) is 0 Å². The van der Waals surface area contributed by atoms with E-state index in [4.69, 9.17) is 22.9 Å². The summed E-state index contributed by atoms with van der Waals surface area (Å²) in [5.74, 6) is -3.41. The summed E-state index contributed by atoms with van der Waals surface area (Å²) in [7, 11) is 0. The predicted molar refractivity (Wildman–Crippen MR) is 150 cm³/mol. The number of hydrogen-bond donors (Lipinski definition) is 10. The minimum absolute atomic E-state index is 0.0716. The maximum atomic E-state index is 13.1. The van der Waals surface area contributed by atoms with Crippen molar-refractivity contribution in [1.82, 2.24) is 16.0 Å². The van der Waals surface area contributed by atoms with E-state index in [0.717, 1.165) is 0 Å². The summed E-state index contributed by atoms with van der Waals surface area (Å²) in [5.41, 5.74) is 22.9. The standard InChI is InChI=1S/C24H40N8O6S/c25-10-2-1-4-18(23(37)38)31-22(36)19(13-39)32-21(35)17(5-3-11-29-24(27)28)30-20(34)16(26)12-14-6-8-15(33)9-7-14/h6-9,16-19,33,39H,1-5,10-13,25-26H2,(H,30,34)(H,31,36)(H,32,35)(H,37,38)(H4,27,28,29). The van der Waals surface area contributed by atoms with E-state index in [1.54, 1.807) is 12.1 Å². The van der Waals surface area contributed by atoms with Crippen molar-refractivity contribution in [3.05, 3.63) is 29.8 Å². The molecule has 218 valence electrons. The van der Waals surface area contributed by atoms with E-state index in [1.165, 1.54) is 12.1 Å². The van der Waals surface area contributed by atoms with Crippen LogP contribution in [0, 0.1) is 0 Å². The largest absolute Gasteiger partial charge is 0.508 e. The van der Waals surface area contributed by atoms with Crippen LogP contribution in [-0.2, 0) is 25.6 Å². The van der Waals surface area contributed by atoms with Gasteiger partial charge in [-0.1, -0.05) is 12.1 Å². The highest BCUT2D eigenvalue weighted by atomic mass is 32.1. The predicted octanol–water partition coefficient (Wildman–Crippen LogP) is -2.09. The number of carboxylic acids is 1. The maximum Gasteiger partial charge on any atom is 0.326 e. The van der Waals surface area contributed by atoms with Crippen molar-refractivity contribution >= 4 is 42.3 Å². The Morgan fingerprint density at radius 2 is 1.44 bits per heavy atom. The lowest BCUT2D eigenvalue weighted by Crippen LogP contribution is -2.57. The van der Waals surface area contributed by atoms with Crippen LogP contribution in [0.1, 0.15) is 37.7 Å². The molecule has 4 unspecified atom stereocenters. The molecule has 14 nitrogen and oxygen atoms in total. The Labute approximate surface area is 232 Å². The number of unbranched alkanes of at least 4 members (excludes halogenated alkanes) is 1. The van der Waals surface area contributed by atoms with Crippen LogP contribution in [0.4, 0.5) is 0 Å². The van der Waals surface area contributed by atoms with Crippen molar-refractivity contribution in [2.24, 2.45) is 27.9 Å². The molecule has 0 spiro atoms. The number of hydrogen-bond acceptors (Lipinski definition) is 9. The zero-order valence-electron chi connectivity index (χ0n) is 21.7. The van der Waals surface area contributed by atoms with Gasteiger partial charge in [0.05, 0.1) is 6.04 Å². The van der Waals surface area contributed by atoms with Crippen molar-refractivity contribution in [1.29, 1.82) is 0 Å². The molecule has 0 heterocycles. The second kappa shape index (κ2) is 17.9. The van der Waals surface area contributed by atoms with Crippen LogP contribution >= 0.6 is 12.6 Å². The minimum atomic E-state index is -1.21. The van der Waals surface area contributed by atoms with Crippen molar-refractivity contribution in [2.45, 2.75) is 62.7 Å². The number of rotatable bonds is 18. The zero-order chi connectivity index (χ0) is 29.4. The molecule has 0 saturated heterocycles. The first-order chi connectivity index (χ1) is 18.5. The number of phenolic OH excluding ortho intramolecular Hbond substituents is 1. The first-order valence-corrected chi connectivity index (χ1v) is 13.1. The third-order valence-electron chi connectivity index (χ3n) is 5.68. The number of nitrogens with two attached hydrogens (primary N) is 4. The van der Waals surface area contributed by atoms with Crippen LogP contribution in [0.5, 0.6) is 5.75 Å². The van der Waals surface area contributed by atoms with Gasteiger partial charge in [-0.05, 0) is 62.8 Å². The highest BCUT2D eigenvalue weighted by molar-refractivity contribution is 7.80. The molecule has 0 aliphatic heterocycles. The molecule has 13 N–H and O–H groups in total. The molecule has 15 heteroatoms. The Hall–Kier alpha value is -3.56. The molecule has 0 aromatic heterocycles. The number of carboxylic acid groups (broad SMARTS) is 1. The summed E-state index contributed by atoms with van der Waals surface area (Å²) in [6.07, 6.45) is 1.87. The highest BCUT2D eigenvalue weighted by Gasteiger charge is 2.29. The molecule has 0 bridgehead atoms. The Balaban J connectivity index is 2.90. The molecule has 1 rings (SSSR count). The van der Waals surface area contributed by atoms with Crippen molar-refractivity contribution in [3.8, 4) is 5.75 Å². The fourth-order valence-electron chi connectivity index (χ4n) is 3.52. The van der Waals surface area contributed by atoms with E-state index >= 15 is 0 Å². The number of aliphatic carboxylic acids is 1. The van der Waals surface area contributed by atoms with Gasteiger partial charge in [-0.3, -0.25) is 19.4 Å². The Kier molecular flexibility index (Phi) is 15.3. The molecular weight excluding hydrogens is 528 g/mol. The molecule has 3 amide bonds. The molecular formula is C24H40N8O6S. The Morgan fingerprint density at radius 3 is 2.00 bits per heavy atom. The van der Waals surface area contributed by atoms with Gasteiger partial charge in [0.1, 0.15) is 23.9 Å². The summed E-state index contributed by atoms with van der Waals surface area (Å²) in [5, 5.41) is 26.4. The SMILES string of the molecule is NCCCCC(NC(=O)C(CS)NC(=O)C(CCCN=C(N)N)NC(=O)C(N)Cc1ccc(O)cc1)C(=O)O. The number of nitrogens with one attached hydrogen (secondary N) is 3. The van der Waals surface area contributed by atoms with E-state index in [0.29, 0.717) is 31.4 Å². The summed E-state index contributed by atoms with van der Waals surface area (Å²) >= 11 is 4.12. The van der Waals surface area contributed by atoms with Crippen molar-refractivity contribution in [2.75, 3.05) is 18.8 Å². The second-order valence-corrected chi connectivity index (χ2v) is 9.28. The van der Waals surface area contributed by atoms with E-state index in [9.17, 15) is 29.4 Å². The summed E-state index contributed by atoms with van der Waals surface area (Å²) < 4.78 is 0. The third kappa shape index (κ3) is 13.2. The Bertz CT molecular complexity index is 974. The monoisotopic (exact) mass is 568 g/mol. The van der Waals surface area contributed by atoms with Crippen molar-refractivity contribution in [3.63, 3.8) is 0 Å². The van der Waals surface area contributed by atoms with Gasteiger partial charge in [0.2, 0.25) is 17.7 Å². The van der Waals surface area contributed by atoms with Gasteiger partial charge in [-0.15, -0.1) is 0 Å². The van der Waals surface area contributed by atoms with E-state index < -0.39 is 47.9 Å². The number of nitrogens with zero attached hydrogens (tertiary/aromatic N) is 1. The quantitative estimate of drug-likeness (QED) is 0.0399. The van der Waals surface area contributed by atoms with Crippen LogP contribution < -0.4 is 38.9 Å². The molecule has 0 aliphatic carbocycles. The molecule has 1 aromatic rings. The van der Waals surface area contributed by atoms with E-state index in [-0.39, 0.29) is 43.3 Å². The number of thiol groups is 1. The number of carbonyl (C=O) groups is 4. The second-order valence-electron chi connectivity index (χ2n) is 8.91. The van der Waals surface area contributed by atoms with Crippen LogP contribution in [0.3, 0.4) is 0 Å². The number of aromatic hydroxyl groups is 1. The lowest BCUT2D eigenvalue weighted by molar-refractivity contribution is -0.142. The molecule has 0 aliphatic rings. The maximum absolute atomic E-state index is 13.1. The fraction of sp³-hybridized carbons (Fsp3) is 0.542. The number of aliphatic imine (C=N–C) groups is 1. The first kappa shape index (κ1) is 33.5. The smallest absolute Gasteiger partial charge is 0.326 e.